The average Bonchev–Trinajstić information content (AvgIpc) is 2.45. The van der Waals surface area contributed by atoms with Crippen molar-refractivity contribution in [2.24, 2.45) is 0 Å². The van der Waals surface area contributed by atoms with E-state index in [2.05, 4.69) is 9.97 Å². The minimum atomic E-state index is -0.277. The molecule has 0 spiro atoms. The number of benzene rings is 1. The number of nitrogens with one attached hydrogen (secondary N) is 1. The van der Waals surface area contributed by atoms with Gasteiger partial charge in [0.15, 0.2) is 0 Å². The number of hydrogen-bond acceptors (Lipinski definition) is 1. The highest BCUT2D eigenvalue weighted by molar-refractivity contribution is 6.28. The molecule has 0 amide bonds. The van der Waals surface area contributed by atoms with E-state index in [9.17, 15) is 4.39 Å². The molecule has 0 saturated carbocycles. The zero-order chi connectivity index (χ0) is 10.1. The van der Waals surface area contributed by atoms with Gasteiger partial charge in [-0.3, -0.25) is 0 Å². The summed E-state index contributed by atoms with van der Waals surface area (Å²) in [5, 5.41) is 0.321. The van der Waals surface area contributed by atoms with Crippen molar-refractivity contribution in [3.05, 3.63) is 41.1 Å². The molecular weight excluding hydrogens is 203 g/mol. The average molecular weight is 211 g/mol. The summed E-state index contributed by atoms with van der Waals surface area (Å²) in [6.45, 7) is 1.85. The predicted octanol–water partition coefficient (Wildman–Crippen LogP) is 3.18. The van der Waals surface area contributed by atoms with Gasteiger partial charge in [0.05, 0.1) is 5.69 Å². The topological polar surface area (TPSA) is 28.7 Å². The molecule has 0 radical (unpaired) electrons. The lowest BCUT2D eigenvalue weighted by atomic mass is 10.1. The highest BCUT2D eigenvalue weighted by Crippen LogP contribution is 2.22. The van der Waals surface area contributed by atoms with Gasteiger partial charge in [-0.25, -0.2) is 9.37 Å². The van der Waals surface area contributed by atoms with Crippen molar-refractivity contribution in [3.8, 4) is 11.3 Å². The van der Waals surface area contributed by atoms with Crippen LogP contribution in [0.15, 0.2) is 24.3 Å². The number of H-pyrrole nitrogens is 1. The van der Waals surface area contributed by atoms with E-state index in [0.717, 1.165) is 11.3 Å². The van der Waals surface area contributed by atoms with Crippen LogP contribution < -0.4 is 0 Å². The molecular formula is C10H8ClFN2. The normalized spacial score (nSPS) is 10.5. The molecule has 2 nitrogen and oxygen atoms in total. The van der Waals surface area contributed by atoms with Crippen LogP contribution in [0.1, 0.15) is 5.69 Å². The van der Waals surface area contributed by atoms with E-state index in [1.807, 2.05) is 6.92 Å². The fourth-order valence-corrected chi connectivity index (χ4v) is 1.57. The zero-order valence-corrected chi connectivity index (χ0v) is 8.27. The molecule has 1 aromatic heterocycles. The van der Waals surface area contributed by atoms with Crippen LogP contribution in [0.3, 0.4) is 0 Å². The number of hydrogen-bond donors (Lipinski definition) is 1. The summed E-state index contributed by atoms with van der Waals surface area (Å²) in [4.78, 5) is 6.92. The second-order valence-corrected chi connectivity index (χ2v) is 3.37. The van der Waals surface area contributed by atoms with Crippen molar-refractivity contribution >= 4 is 11.6 Å². The maximum absolute atomic E-state index is 12.9. The van der Waals surface area contributed by atoms with Crippen molar-refractivity contribution in [1.29, 1.82) is 0 Å². The second kappa shape index (κ2) is 3.42. The molecule has 1 heterocycles. The number of nitrogens with zero attached hydrogens (tertiary/aromatic N) is 1. The van der Waals surface area contributed by atoms with E-state index in [0.29, 0.717) is 11.0 Å². The van der Waals surface area contributed by atoms with Crippen molar-refractivity contribution in [2.45, 2.75) is 6.92 Å². The van der Waals surface area contributed by atoms with Gasteiger partial charge in [0.1, 0.15) is 5.82 Å². The van der Waals surface area contributed by atoms with E-state index >= 15 is 0 Å². The highest BCUT2D eigenvalue weighted by atomic mass is 35.5. The van der Waals surface area contributed by atoms with Gasteiger partial charge in [-0.15, -0.1) is 0 Å². The Morgan fingerprint density at radius 2 is 2.21 bits per heavy atom. The number of aryl methyl sites for hydroxylation is 1. The molecule has 0 atom stereocenters. The van der Waals surface area contributed by atoms with Crippen LogP contribution in [-0.2, 0) is 0 Å². The second-order valence-electron chi connectivity index (χ2n) is 3.01. The van der Waals surface area contributed by atoms with Gasteiger partial charge in [0, 0.05) is 11.3 Å². The lowest BCUT2D eigenvalue weighted by Crippen LogP contribution is -1.82. The summed E-state index contributed by atoms with van der Waals surface area (Å²) < 4.78 is 12.9. The van der Waals surface area contributed by atoms with Gasteiger partial charge < -0.3 is 4.98 Å². The van der Waals surface area contributed by atoms with Crippen LogP contribution in [0.5, 0.6) is 0 Å². The maximum Gasteiger partial charge on any atom is 0.200 e. The molecule has 0 aliphatic heterocycles. The molecule has 0 saturated heterocycles. The number of imidazole rings is 1. The Hall–Kier alpha value is -1.35. The molecule has 0 aliphatic rings. The molecule has 2 aromatic rings. The molecule has 72 valence electrons. The van der Waals surface area contributed by atoms with Gasteiger partial charge in [-0.1, -0.05) is 12.1 Å². The van der Waals surface area contributed by atoms with Crippen molar-refractivity contribution in [2.75, 3.05) is 0 Å². The minimum Gasteiger partial charge on any atom is -0.332 e. The molecule has 0 aliphatic carbocycles. The summed E-state index contributed by atoms with van der Waals surface area (Å²) in [7, 11) is 0. The van der Waals surface area contributed by atoms with Gasteiger partial charge in [-0.2, -0.15) is 0 Å². The first kappa shape index (κ1) is 9.21. The van der Waals surface area contributed by atoms with E-state index in [4.69, 9.17) is 11.6 Å². The van der Waals surface area contributed by atoms with Crippen LogP contribution in [0.2, 0.25) is 5.28 Å². The summed E-state index contributed by atoms with van der Waals surface area (Å²) in [6.07, 6.45) is 0. The first-order valence-corrected chi connectivity index (χ1v) is 4.52. The van der Waals surface area contributed by atoms with Crippen molar-refractivity contribution < 1.29 is 4.39 Å². The monoisotopic (exact) mass is 210 g/mol. The van der Waals surface area contributed by atoms with E-state index in [-0.39, 0.29) is 5.82 Å². The number of rotatable bonds is 1. The molecule has 1 N–H and O–H groups in total. The Balaban J connectivity index is 2.54. The van der Waals surface area contributed by atoms with Crippen molar-refractivity contribution in [1.82, 2.24) is 9.97 Å². The van der Waals surface area contributed by atoms with Crippen LogP contribution in [0, 0.1) is 12.7 Å². The summed E-state index contributed by atoms with van der Waals surface area (Å²) >= 11 is 5.69. The third-order valence-corrected chi connectivity index (χ3v) is 2.13. The Kier molecular flexibility index (Phi) is 2.25. The SMILES string of the molecule is Cc1[nH]c(Cl)nc1-c1cccc(F)c1. The molecule has 2 rings (SSSR count). The fourth-order valence-electron chi connectivity index (χ4n) is 1.34. The predicted molar refractivity (Wildman–Crippen MR) is 53.7 cm³/mol. The molecule has 0 unspecified atom stereocenters. The number of aromatic nitrogens is 2. The first-order valence-electron chi connectivity index (χ1n) is 4.15. The van der Waals surface area contributed by atoms with Crippen LogP contribution in [-0.4, -0.2) is 9.97 Å². The molecule has 1 aromatic carbocycles. The molecule has 0 bridgehead atoms. The Labute approximate surface area is 85.8 Å². The fraction of sp³-hybridized carbons (Fsp3) is 0.100. The summed E-state index contributed by atoms with van der Waals surface area (Å²) in [5.41, 5.74) is 2.25. The molecule has 4 heteroatoms. The Bertz CT molecular complexity index is 465. The largest absolute Gasteiger partial charge is 0.332 e. The standard InChI is InChI=1S/C10H8ClFN2/c1-6-9(14-10(11)13-6)7-3-2-4-8(12)5-7/h2-5H,1H3,(H,13,14). The van der Waals surface area contributed by atoms with E-state index < -0.39 is 0 Å². The summed E-state index contributed by atoms with van der Waals surface area (Å²) in [6, 6.07) is 6.27. The smallest absolute Gasteiger partial charge is 0.200 e. The molecule has 0 fully saturated rings. The maximum atomic E-state index is 12.9. The van der Waals surface area contributed by atoms with Gasteiger partial charge in [0.2, 0.25) is 5.28 Å². The lowest BCUT2D eigenvalue weighted by Gasteiger charge is -1.97. The number of aromatic amines is 1. The van der Waals surface area contributed by atoms with Gasteiger partial charge >= 0.3 is 0 Å². The Morgan fingerprint density at radius 1 is 1.43 bits per heavy atom. The third-order valence-electron chi connectivity index (χ3n) is 1.95. The lowest BCUT2D eigenvalue weighted by molar-refractivity contribution is 0.628. The van der Waals surface area contributed by atoms with Crippen LogP contribution >= 0.6 is 11.6 Å². The van der Waals surface area contributed by atoms with Crippen LogP contribution in [0.25, 0.3) is 11.3 Å². The van der Waals surface area contributed by atoms with Gasteiger partial charge in [-0.05, 0) is 30.7 Å². The van der Waals surface area contributed by atoms with Crippen LogP contribution in [0.4, 0.5) is 4.39 Å². The quantitative estimate of drug-likeness (QED) is 0.770. The zero-order valence-electron chi connectivity index (χ0n) is 7.51. The number of halogens is 2. The Morgan fingerprint density at radius 3 is 2.79 bits per heavy atom. The van der Waals surface area contributed by atoms with E-state index in [1.54, 1.807) is 12.1 Å². The third kappa shape index (κ3) is 1.63. The van der Waals surface area contributed by atoms with Gasteiger partial charge in [0.25, 0.3) is 0 Å². The van der Waals surface area contributed by atoms with E-state index in [1.165, 1.54) is 12.1 Å². The molecule has 14 heavy (non-hydrogen) atoms. The highest BCUT2D eigenvalue weighted by Gasteiger charge is 2.07. The first-order chi connectivity index (χ1) is 6.66. The summed E-state index contributed by atoms with van der Waals surface area (Å²) in [5.74, 6) is -0.277. The van der Waals surface area contributed by atoms with Crippen molar-refractivity contribution in [3.63, 3.8) is 0 Å². The minimum absolute atomic E-state index is 0.277.